The average molecular weight is 411 g/mol. The van der Waals surface area contributed by atoms with E-state index in [2.05, 4.69) is 9.50 Å². The Bertz CT molecular complexity index is 767. The third kappa shape index (κ3) is 6.58. The molecule has 1 aliphatic rings. The number of nitrogens with one attached hydrogen (secondary N) is 1. The van der Waals surface area contributed by atoms with Crippen LogP contribution < -0.4 is 9.50 Å². The predicted octanol–water partition coefficient (Wildman–Crippen LogP) is 2.75. The molecule has 2 rings (SSSR count). The van der Waals surface area contributed by atoms with Gasteiger partial charge in [0.2, 0.25) is 0 Å². The number of rotatable bonds is 6. The standard InChI is InChI=1S/C16H20F3NO6S/c1-15(2,3)25-14(21)20-12(13-9-24-13)8-10-4-6-11(7-5-10)26-27(22,23)16(17,18)19/h4-7,12-13H,8-9H2,1-3H3,(H,20,21)/t12-,13+/m0/s1. The highest BCUT2D eigenvalue weighted by molar-refractivity contribution is 7.88. The lowest BCUT2D eigenvalue weighted by Gasteiger charge is -2.23. The van der Waals surface area contributed by atoms with Crippen molar-refractivity contribution >= 4 is 16.2 Å². The van der Waals surface area contributed by atoms with E-state index in [4.69, 9.17) is 9.47 Å². The molecule has 0 aliphatic carbocycles. The molecule has 2 atom stereocenters. The average Bonchev–Trinajstić information content (AvgIpc) is 3.29. The number of alkyl carbamates (subject to hydrolysis) is 1. The number of amides is 1. The molecule has 1 fully saturated rings. The summed E-state index contributed by atoms with van der Waals surface area (Å²) >= 11 is 0. The molecule has 0 radical (unpaired) electrons. The van der Waals surface area contributed by atoms with Crippen LogP contribution in [0.3, 0.4) is 0 Å². The zero-order valence-corrected chi connectivity index (χ0v) is 15.7. The summed E-state index contributed by atoms with van der Waals surface area (Å²) in [5.74, 6) is -0.463. The Kier molecular flexibility index (Phi) is 5.95. The first kappa shape index (κ1) is 21.3. The highest BCUT2D eigenvalue weighted by atomic mass is 32.2. The Morgan fingerprint density at radius 1 is 1.26 bits per heavy atom. The molecule has 0 spiro atoms. The molecule has 27 heavy (non-hydrogen) atoms. The number of benzene rings is 1. The topological polar surface area (TPSA) is 94.2 Å². The largest absolute Gasteiger partial charge is 0.534 e. The molecule has 0 unspecified atom stereocenters. The van der Waals surface area contributed by atoms with Crippen LogP contribution in [0, 0.1) is 0 Å². The van der Waals surface area contributed by atoms with Gasteiger partial charge in [-0.1, -0.05) is 12.1 Å². The molecular formula is C16H20F3NO6S. The Hall–Kier alpha value is -2.01. The summed E-state index contributed by atoms with van der Waals surface area (Å²) in [5.41, 5.74) is -5.53. The van der Waals surface area contributed by atoms with Crippen molar-refractivity contribution < 1.29 is 40.0 Å². The summed E-state index contributed by atoms with van der Waals surface area (Å²) in [7, 11) is -5.72. The van der Waals surface area contributed by atoms with Crippen LogP contribution in [0.25, 0.3) is 0 Å². The maximum atomic E-state index is 12.3. The first-order valence-electron chi connectivity index (χ1n) is 7.98. The molecule has 0 saturated carbocycles. The van der Waals surface area contributed by atoms with E-state index in [1.54, 1.807) is 20.8 Å². The number of carbonyl (C=O) groups excluding carboxylic acids is 1. The van der Waals surface area contributed by atoms with E-state index < -0.39 is 39.1 Å². The minimum atomic E-state index is -5.72. The van der Waals surface area contributed by atoms with Gasteiger partial charge in [-0.05, 0) is 44.9 Å². The lowest BCUT2D eigenvalue weighted by molar-refractivity contribution is -0.0500. The van der Waals surface area contributed by atoms with Crippen molar-refractivity contribution in [3.63, 3.8) is 0 Å². The second-order valence-electron chi connectivity index (χ2n) is 6.96. The summed E-state index contributed by atoms with van der Waals surface area (Å²) in [6.07, 6.45) is -0.491. The maximum absolute atomic E-state index is 12.3. The Balaban J connectivity index is 2.00. The molecule has 0 bridgehead atoms. The van der Waals surface area contributed by atoms with Crippen molar-refractivity contribution in [3.05, 3.63) is 29.8 Å². The quantitative estimate of drug-likeness (QED) is 0.440. The zero-order chi connectivity index (χ0) is 20.5. The van der Waals surface area contributed by atoms with Gasteiger partial charge in [0.1, 0.15) is 17.5 Å². The van der Waals surface area contributed by atoms with Crippen LogP contribution >= 0.6 is 0 Å². The minimum Gasteiger partial charge on any atom is -0.444 e. The summed E-state index contributed by atoms with van der Waals surface area (Å²) < 4.78 is 73.4. The fourth-order valence-electron chi connectivity index (χ4n) is 2.13. The van der Waals surface area contributed by atoms with E-state index in [1.807, 2.05) is 0 Å². The van der Waals surface area contributed by atoms with Gasteiger partial charge in [0.15, 0.2) is 0 Å². The van der Waals surface area contributed by atoms with Gasteiger partial charge in [0, 0.05) is 0 Å². The third-order valence-electron chi connectivity index (χ3n) is 3.38. The first-order chi connectivity index (χ1) is 12.3. The molecule has 1 aromatic rings. The van der Waals surface area contributed by atoms with Crippen molar-refractivity contribution in [1.82, 2.24) is 5.32 Å². The van der Waals surface area contributed by atoms with Crippen LogP contribution in [0.1, 0.15) is 26.3 Å². The maximum Gasteiger partial charge on any atom is 0.534 e. The zero-order valence-electron chi connectivity index (χ0n) is 14.9. The molecule has 0 aromatic heterocycles. The van der Waals surface area contributed by atoms with Gasteiger partial charge >= 0.3 is 21.7 Å². The molecule has 1 aromatic carbocycles. The number of hydrogen-bond acceptors (Lipinski definition) is 6. The molecule has 11 heteroatoms. The Morgan fingerprint density at radius 3 is 2.26 bits per heavy atom. The van der Waals surface area contributed by atoms with Crippen LogP contribution in [0.5, 0.6) is 5.75 Å². The van der Waals surface area contributed by atoms with Crippen LogP contribution in [-0.2, 0) is 26.0 Å². The van der Waals surface area contributed by atoms with E-state index >= 15 is 0 Å². The van der Waals surface area contributed by atoms with Gasteiger partial charge in [-0.2, -0.15) is 21.6 Å². The number of ether oxygens (including phenoxy) is 2. The second kappa shape index (κ2) is 7.55. The summed E-state index contributed by atoms with van der Waals surface area (Å²) in [5, 5.41) is 2.69. The lowest BCUT2D eigenvalue weighted by atomic mass is 10.0. The van der Waals surface area contributed by atoms with E-state index in [0.29, 0.717) is 18.6 Å². The van der Waals surface area contributed by atoms with Crippen LogP contribution in [0.15, 0.2) is 24.3 Å². The summed E-state index contributed by atoms with van der Waals surface area (Å²) in [6.45, 7) is 5.64. The molecular weight excluding hydrogens is 391 g/mol. The molecule has 1 aliphatic heterocycles. The SMILES string of the molecule is CC(C)(C)OC(=O)N[C@@H](Cc1ccc(OS(=O)(=O)C(F)(F)F)cc1)[C@H]1CO1. The Labute approximate surface area is 154 Å². The van der Waals surface area contributed by atoms with Gasteiger partial charge in [0.25, 0.3) is 0 Å². The molecule has 1 amide bonds. The normalized spacial score (nSPS) is 18.5. The van der Waals surface area contributed by atoms with Gasteiger partial charge in [0.05, 0.1) is 12.6 Å². The smallest absolute Gasteiger partial charge is 0.444 e. The monoisotopic (exact) mass is 411 g/mol. The van der Waals surface area contributed by atoms with Crippen LogP contribution in [0.4, 0.5) is 18.0 Å². The van der Waals surface area contributed by atoms with Gasteiger partial charge in [-0.3, -0.25) is 0 Å². The van der Waals surface area contributed by atoms with Crippen molar-refractivity contribution in [3.8, 4) is 5.75 Å². The number of carbonyl (C=O) groups is 1. The minimum absolute atomic E-state index is 0.195. The first-order valence-corrected chi connectivity index (χ1v) is 9.38. The van der Waals surface area contributed by atoms with E-state index in [1.165, 1.54) is 12.1 Å². The highest BCUT2D eigenvalue weighted by Crippen LogP contribution is 2.27. The fourth-order valence-corrected chi connectivity index (χ4v) is 2.59. The summed E-state index contributed by atoms with van der Waals surface area (Å²) in [6, 6.07) is 4.64. The molecule has 152 valence electrons. The molecule has 1 heterocycles. The fraction of sp³-hybridized carbons (Fsp3) is 0.562. The molecule has 7 nitrogen and oxygen atoms in total. The van der Waals surface area contributed by atoms with Crippen LogP contribution in [0.2, 0.25) is 0 Å². The number of halogens is 3. The molecule has 1 N–H and O–H groups in total. The van der Waals surface area contributed by atoms with E-state index in [9.17, 15) is 26.4 Å². The van der Waals surface area contributed by atoms with Gasteiger partial charge in [-0.15, -0.1) is 0 Å². The number of epoxide rings is 1. The lowest BCUT2D eigenvalue weighted by Crippen LogP contribution is -2.43. The van der Waals surface area contributed by atoms with Gasteiger partial charge in [-0.25, -0.2) is 4.79 Å². The third-order valence-corrected chi connectivity index (χ3v) is 4.36. The predicted molar refractivity (Wildman–Crippen MR) is 88.6 cm³/mol. The highest BCUT2D eigenvalue weighted by Gasteiger charge is 2.48. The number of hydrogen-bond donors (Lipinski definition) is 1. The van der Waals surface area contributed by atoms with Crippen molar-refractivity contribution in [1.29, 1.82) is 0 Å². The van der Waals surface area contributed by atoms with E-state index in [0.717, 1.165) is 12.1 Å². The van der Waals surface area contributed by atoms with Crippen molar-refractivity contribution in [2.75, 3.05) is 6.61 Å². The summed E-state index contributed by atoms with van der Waals surface area (Å²) in [4.78, 5) is 11.9. The Morgan fingerprint density at radius 2 is 1.81 bits per heavy atom. The second-order valence-corrected chi connectivity index (χ2v) is 8.49. The van der Waals surface area contributed by atoms with Gasteiger partial charge < -0.3 is 19.0 Å². The molecule has 1 saturated heterocycles. The van der Waals surface area contributed by atoms with Crippen molar-refractivity contribution in [2.24, 2.45) is 0 Å². The number of alkyl halides is 3. The van der Waals surface area contributed by atoms with Crippen molar-refractivity contribution in [2.45, 2.75) is 50.4 Å². The van der Waals surface area contributed by atoms with Crippen LogP contribution in [-0.4, -0.2) is 44.4 Å². The van der Waals surface area contributed by atoms with E-state index in [-0.39, 0.29) is 6.10 Å².